The second-order valence-corrected chi connectivity index (χ2v) is 6.31. The minimum atomic E-state index is -1.03. The third-order valence-electron chi connectivity index (χ3n) is 3.37. The third kappa shape index (κ3) is 4.76. The van der Waals surface area contributed by atoms with Gasteiger partial charge >= 0.3 is 12.1 Å². The number of nitrogens with zero attached hydrogens (tertiary/aromatic N) is 1. The molecule has 5 nitrogen and oxygen atoms in total. The van der Waals surface area contributed by atoms with Gasteiger partial charge in [-0.2, -0.15) is 0 Å². The fourth-order valence-electron chi connectivity index (χ4n) is 2.43. The lowest BCUT2D eigenvalue weighted by Gasteiger charge is -2.28. The van der Waals surface area contributed by atoms with Gasteiger partial charge in [0.15, 0.2) is 0 Å². The molecule has 0 aromatic heterocycles. The summed E-state index contributed by atoms with van der Waals surface area (Å²) in [6.45, 7) is 11.5. The van der Waals surface area contributed by atoms with Gasteiger partial charge in [0.2, 0.25) is 0 Å². The average Bonchev–Trinajstić information content (AvgIpc) is 2.81. The molecule has 1 N–H and O–H groups in total. The van der Waals surface area contributed by atoms with E-state index in [9.17, 15) is 14.7 Å². The summed E-state index contributed by atoms with van der Waals surface area (Å²) in [7, 11) is 0. The summed E-state index contributed by atoms with van der Waals surface area (Å²) in [4.78, 5) is 25.1. The Kier molecular flexibility index (Phi) is 5.97. The van der Waals surface area contributed by atoms with E-state index >= 15 is 0 Å². The van der Waals surface area contributed by atoms with Crippen LogP contribution in [0.3, 0.4) is 0 Å². The molecule has 0 aromatic carbocycles. The van der Waals surface area contributed by atoms with Crippen LogP contribution in [0.15, 0.2) is 36.5 Å². The van der Waals surface area contributed by atoms with Crippen LogP contribution >= 0.6 is 0 Å². The molecule has 0 spiro atoms. The Morgan fingerprint density at radius 2 is 1.95 bits per heavy atom. The Balaban J connectivity index is 2.89. The molecule has 1 rings (SSSR count). The van der Waals surface area contributed by atoms with E-state index in [1.165, 1.54) is 4.90 Å². The predicted octanol–water partition coefficient (Wildman–Crippen LogP) is 3.39. The maximum atomic E-state index is 12.2. The summed E-state index contributed by atoms with van der Waals surface area (Å²) in [5, 5.41) is 9.49. The van der Waals surface area contributed by atoms with Crippen LogP contribution in [0.2, 0.25) is 0 Å². The van der Waals surface area contributed by atoms with Crippen molar-refractivity contribution in [1.82, 2.24) is 4.90 Å². The van der Waals surface area contributed by atoms with E-state index in [-0.39, 0.29) is 5.92 Å². The second-order valence-electron chi connectivity index (χ2n) is 6.31. The summed E-state index contributed by atoms with van der Waals surface area (Å²) in [6, 6.07) is -0.933. The molecule has 1 amide bonds. The number of carbonyl (C=O) groups is 2. The molecule has 22 heavy (non-hydrogen) atoms. The van der Waals surface area contributed by atoms with Crippen molar-refractivity contribution in [3.8, 4) is 0 Å². The van der Waals surface area contributed by atoms with Crippen LogP contribution in [0, 0.1) is 5.92 Å². The number of carbonyl (C=O) groups excluding carboxylic acids is 1. The molecule has 2 atom stereocenters. The molecule has 1 aliphatic rings. The van der Waals surface area contributed by atoms with Crippen LogP contribution in [-0.2, 0) is 9.53 Å². The Morgan fingerprint density at radius 1 is 1.32 bits per heavy atom. The third-order valence-corrected chi connectivity index (χ3v) is 3.37. The minimum Gasteiger partial charge on any atom is -0.480 e. The average molecular weight is 307 g/mol. The Labute approximate surface area is 131 Å². The Hall–Kier alpha value is -2.04. The predicted molar refractivity (Wildman–Crippen MR) is 85.6 cm³/mol. The fraction of sp³-hybridized carbons (Fsp3) is 0.529. The van der Waals surface area contributed by atoms with Crippen LogP contribution in [0.25, 0.3) is 0 Å². The van der Waals surface area contributed by atoms with Crippen LogP contribution < -0.4 is 0 Å². The zero-order valence-electron chi connectivity index (χ0n) is 13.7. The van der Waals surface area contributed by atoms with Gasteiger partial charge in [-0.15, -0.1) is 0 Å². The molecule has 0 radical (unpaired) electrons. The van der Waals surface area contributed by atoms with Crippen molar-refractivity contribution >= 4 is 12.1 Å². The van der Waals surface area contributed by atoms with E-state index in [4.69, 9.17) is 4.74 Å². The van der Waals surface area contributed by atoms with Gasteiger partial charge in [0.05, 0.1) is 0 Å². The molecule has 0 aliphatic carbocycles. The monoisotopic (exact) mass is 307 g/mol. The number of allylic oxidation sites excluding steroid dienone is 4. The van der Waals surface area contributed by atoms with E-state index in [2.05, 4.69) is 6.58 Å². The molecule has 0 bridgehead atoms. The number of rotatable bonds is 4. The number of carboxylic acids is 1. The summed E-state index contributed by atoms with van der Waals surface area (Å²) in [6.07, 6.45) is 7.31. The summed E-state index contributed by atoms with van der Waals surface area (Å²) < 4.78 is 5.29. The van der Waals surface area contributed by atoms with E-state index in [1.54, 1.807) is 26.8 Å². The van der Waals surface area contributed by atoms with Crippen molar-refractivity contribution in [2.45, 2.75) is 45.8 Å². The van der Waals surface area contributed by atoms with Crippen molar-refractivity contribution in [2.75, 3.05) is 6.54 Å². The zero-order valence-corrected chi connectivity index (χ0v) is 13.7. The van der Waals surface area contributed by atoms with Gasteiger partial charge in [-0.25, -0.2) is 9.59 Å². The van der Waals surface area contributed by atoms with E-state index < -0.39 is 23.7 Å². The van der Waals surface area contributed by atoms with Crippen LogP contribution in [0.5, 0.6) is 0 Å². The SMILES string of the molecule is C=C(/C=C\C=C/C)[C@H]1CCN(C(=O)OC(C)(C)C)[C@@H]1C(=O)O. The molecule has 0 aromatic rings. The molecule has 1 fully saturated rings. The quantitative estimate of drug-likeness (QED) is 0.808. The zero-order chi connectivity index (χ0) is 16.9. The van der Waals surface area contributed by atoms with Crippen molar-refractivity contribution < 1.29 is 19.4 Å². The van der Waals surface area contributed by atoms with Gasteiger partial charge in [0, 0.05) is 12.5 Å². The van der Waals surface area contributed by atoms with Crippen molar-refractivity contribution in [3.05, 3.63) is 36.5 Å². The molecule has 1 heterocycles. The first-order valence-corrected chi connectivity index (χ1v) is 7.38. The lowest BCUT2D eigenvalue weighted by atomic mass is 9.92. The number of hydrogen-bond acceptors (Lipinski definition) is 3. The number of likely N-dealkylation sites (tertiary alicyclic amines) is 1. The van der Waals surface area contributed by atoms with Gasteiger partial charge < -0.3 is 9.84 Å². The largest absolute Gasteiger partial charge is 0.480 e. The minimum absolute atomic E-state index is 0.300. The highest BCUT2D eigenvalue weighted by molar-refractivity contribution is 5.82. The first kappa shape index (κ1) is 18.0. The topological polar surface area (TPSA) is 66.8 Å². The number of hydrogen-bond donors (Lipinski definition) is 1. The number of ether oxygens (including phenoxy) is 1. The van der Waals surface area contributed by atoms with Crippen molar-refractivity contribution in [2.24, 2.45) is 5.92 Å². The highest BCUT2D eigenvalue weighted by Crippen LogP contribution is 2.32. The Morgan fingerprint density at radius 3 is 2.45 bits per heavy atom. The molecule has 0 unspecified atom stereocenters. The molecule has 122 valence electrons. The molecule has 1 aliphatic heterocycles. The van der Waals surface area contributed by atoms with Gasteiger partial charge in [0.25, 0.3) is 0 Å². The highest BCUT2D eigenvalue weighted by Gasteiger charge is 2.44. The summed E-state index contributed by atoms with van der Waals surface area (Å²) in [5.41, 5.74) is 0.0534. The van der Waals surface area contributed by atoms with Gasteiger partial charge in [-0.05, 0) is 39.7 Å². The van der Waals surface area contributed by atoms with E-state index in [0.29, 0.717) is 18.5 Å². The molecule has 5 heteroatoms. The van der Waals surface area contributed by atoms with Crippen LogP contribution in [-0.4, -0.2) is 40.3 Å². The number of amides is 1. The lowest BCUT2D eigenvalue weighted by Crippen LogP contribution is -2.45. The van der Waals surface area contributed by atoms with Crippen molar-refractivity contribution in [3.63, 3.8) is 0 Å². The maximum absolute atomic E-state index is 12.2. The lowest BCUT2D eigenvalue weighted by molar-refractivity contribution is -0.143. The standard InChI is InChI=1S/C17H25NO4/c1-6-7-8-9-12(2)13-10-11-18(14(13)15(19)20)16(21)22-17(3,4)5/h6-9,13-14H,2,10-11H2,1,3-5H3,(H,19,20)/b7-6-,9-8-/t13-,14+/m1/s1. The highest BCUT2D eigenvalue weighted by atomic mass is 16.6. The normalized spacial score (nSPS) is 22.5. The summed E-state index contributed by atoms with van der Waals surface area (Å²) in [5.74, 6) is -1.33. The first-order chi connectivity index (χ1) is 10.2. The molecular formula is C17H25NO4. The molecular weight excluding hydrogens is 282 g/mol. The number of aliphatic carboxylic acids is 1. The van der Waals surface area contributed by atoms with Crippen LogP contribution in [0.4, 0.5) is 4.79 Å². The van der Waals surface area contributed by atoms with E-state index in [1.807, 2.05) is 25.2 Å². The maximum Gasteiger partial charge on any atom is 0.411 e. The Bertz CT molecular complexity index is 499. The number of carboxylic acid groups (broad SMARTS) is 1. The fourth-order valence-corrected chi connectivity index (χ4v) is 2.43. The van der Waals surface area contributed by atoms with Crippen molar-refractivity contribution in [1.29, 1.82) is 0 Å². The second kappa shape index (κ2) is 7.29. The van der Waals surface area contributed by atoms with Crippen LogP contribution in [0.1, 0.15) is 34.1 Å². The molecule has 0 saturated carbocycles. The van der Waals surface area contributed by atoms with Gasteiger partial charge in [0.1, 0.15) is 11.6 Å². The van der Waals surface area contributed by atoms with E-state index in [0.717, 1.165) is 0 Å². The smallest absolute Gasteiger partial charge is 0.411 e. The first-order valence-electron chi connectivity index (χ1n) is 7.38. The van der Waals surface area contributed by atoms with Gasteiger partial charge in [-0.1, -0.05) is 30.9 Å². The molecule has 1 saturated heterocycles. The summed E-state index contributed by atoms with van der Waals surface area (Å²) >= 11 is 0. The van der Waals surface area contributed by atoms with Gasteiger partial charge in [-0.3, -0.25) is 4.90 Å².